The van der Waals surface area contributed by atoms with Gasteiger partial charge in [-0.2, -0.15) is 5.10 Å². The standard InChI is InChI=1S/C29H29N5O3/c1-2-37-18-8-17-31-29(36)22-9-6-11-25(19-22)32-27(35)15-14-24-21-34(26-12-4-3-5-13-26)33-28(24)23-10-7-16-30-20-23/h3-7,9-16,19-21H,2,8,17-18H2,1H3,(H,31,36)(H,32,35)/b15-14+. The Morgan fingerprint density at radius 3 is 2.70 bits per heavy atom. The van der Waals surface area contributed by atoms with Crippen LogP contribution in [0.15, 0.2) is 91.4 Å². The smallest absolute Gasteiger partial charge is 0.251 e. The molecule has 0 unspecified atom stereocenters. The molecular formula is C29H29N5O3. The summed E-state index contributed by atoms with van der Waals surface area (Å²) in [6, 6.07) is 20.4. The Bertz CT molecular complexity index is 1350. The van der Waals surface area contributed by atoms with Crippen LogP contribution < -0.4 is 10.6 Å². The zero-order chi connectivity index (χ0) is 25.9. The van der Waals surface area contributed by atoms with E-state index in [1.54, 1.807) is 47.4 Å². The SMILES string of the molecule is CCOCCCNC(=O)c1cccc(NC(=O)/C=C/c2cn(-c3ccccc3)nc2-c2cccnc2)c1. The van der Waals surface area contributed by atoms with Crippen LogP contribution in [-0.4, -0.2) is 46.3 Å². The van der Waals surface area contributed by atoms with E-state index in [1.165, 1.54) is 6.08 Å². The van der Waals surface area contributed by atoms with Crippen LogP contribution >= 0.6 is 0 Å². The topological polar surface area (TPSA) is 98.1 Å². The molecule has 2 heterocycles. The lowest BCUT2D eigenvalue weighted by Crippen LogP contribution is -2.25. The van der Waals surface area contributed by atoms with E-state index in [0.29, 0.717) is 36.7 Å². The number of aromatic nitrogens is 3. The maximum absolute atomic E-state index is 12.7. The molecule has 0 saturated carbocycles. The highest BCUT2D eigenvalue weighted by Crippen LogP contribution is 2.24. The number of nitrogens with zero attached hydrogens (tertiary/aromatic N) is 3. The van der Waals surface area contributed by atoms with Gasteiger partial charge < -0.3 is 15.4 Å². The fourth-order valence-corrected chi connectivity index (χ4v) is 3.66. The van der Waals surface area contributed by atoms with Gasteiger partial charge in [0.1, 0.15) is 5.69 Å². The van der Waals surface area contributed by atoms with Crippen LogP contribution in [0.4, 0.5) is 5.69 Å². The molecule has 4 rings (SSSR count). The van der Waals surface area contributed by atoms with Crippen molar-refractivity contribution in [2.45, 2.75) is 13.3 Å². The molecule has 0 aliphatic rings. The van der Waals surface area contributed by atoms with Gasteiger partial charge in [-0.3, -0.25) is 14.6 Å². The maximum atomic E-state index is 12.7. The van der Waals surface area contributed by atoms with Crippen LogP contribution in [0.1, 0.15) is 29.3 Å². The molecule has 37 heavy (non-hydrogen) atoms. The molecule has 188 valence electrons. The molecule has 0 spiro atoms. The number of carbonyl (C=O) groups excluding carboxylic acids is 2. The van der Waals surface area contributed by atoms with Crippen LogP contribution in [0, 0.1) is 0 Å². The van der Waals surface area contributed by atoms with Crippen molar-refractivity contribution in [2.24, 2.45) is 0 Å². The third-order valence-electron chi connectivity index (χ3n) is 5.46. The van der Waals surface area contributed by atoms with E-state index in [-0.39, 0.29) is 11.8 Å². The van der Waals surface area contributed by atoms with Gasteiger partial charge in [-0.1, -0.05) is 24.3 Å². The number of hydrogen-bond acceptors (Lipinski definition) is 5. The van der Waals surface area contributed by atoms with Crippen LogP contribution in [0.3, 0.4) is 0 Å². The largest absolute Gasteiger partial charge is 0.382 e. The van der Waals surface area contributed by atoms with Crippen LogP contribution in [0.5, 0.6) is 0 Å². The first-order chi connectivity index (χ1) is 18.1. The Kier molecular flexibility index (Phi) is 8.93. The molecule has 2 amide bonds. The number of anilines is 1. The zero-order valence-corrected chi connectivity index (χ0v) is 20.6. The molecule has 0 atom stereocenters. The van der Waals surface area contributed by atoms with Crippen molar-refractivity contribution in [3.05, 3.63) is 103 Å². The summed E-state index contributed by atoms with van der Waals surface area (Å²) in [6.07, 6.45) is 9.23. The van der Waals surface area contributed by atoms with Gasteiger partial charge >= 0.3 is 0 Å². The molecule has 0 saturated heterocycles. The van der Waals surface area contributed by atoms with Crippen molar-refractivity contribution in [1.29, 1.82) is 0 Å². The Morgan fingerprint density at radius 1 is 1.05 bits per heavy atom. The summed E-state index contributed by atoms with van der Waals surface area (Å²) in [6.45, 7) is 3.72. The van der Waals surface area contributed by atoms with E-state index in [1.807, 2.05) is 55.6 Å². The lowest BCUT2D eigenvalue weighted by molar-refractivity contribution is -0.111. The second-order valence-electron chi connectivity index (χ2n) is 8.16. The minimum absolute atomic E-state index is 0.197. The molecule has 0 fully saturated rings. The summed E-state index contributed by atoms with van der Waals surface area (Å²) >= 11 is 0. The van der Waals surface area contributed by atoms with Crippen molar-refractivity contribution >= 4 is 23.6 Å². The lowest BCUT2D eigenvalue weighted by atomic mass is 10.1. The second-order valence-corrected chi connectivity index (χ2v) is 8.16. The highest BCUT2D eigenvalue weighted by molar-refractivity contribution is 6.03. The predicted octanol–water partition coefficient (Wildman–Crippen LogP) is 4.74. The highest BCUT2D eigenvalue weighted by Gasteiger charge is 2.12. The third kappa shape index (κ3) is 7.22. The van der Waals surface area contributed by atoms with Crippen molar-refractivity contribution < 1.29 is 14.3 Å². The monoisotopic (exact) mass is 495 g/mol. The quantitative estimate of drug-likeness (QED) is 0.231. The Balaban J connectivity index is 1.45. The molecule has 2 aromatic carbocycles. The van der Waals surface area contributed by atoms with Gasteiger partial charge in [0, 0.05) is 66.8 Å². The van der Waals surface area contributed by atoms with Gasteiger partial charge in [0.15, 0.2) is 0 Å². The molecule has 8 nitrogen and oxygen atoms in total. The van der Waals surface area contributed by atoms with Gasteiger partial charge in [-0.05, 0) is 61.9 Å². The van der Waals surface area contributed by atoms with E-state index in [2.05, 4.69) is 15.6 Å². The molecule has 8 heteroatoms. The Morgan fingerprint density at radius 2 is 1.92 bits per heavy atom. The van der Waals surface area contributed by atoms with Gasteiger partial charge in [0.05, 0.1) is 5.69 Å². The minimum atomic E-state index is -0.320. The maximum Gasteiger partial charge on any atom is 0.251 e. The molecule has 2 aromatic heterocycles. The number of amides is 2. The highest BCUT2D eigenvalue weighted by atomic mass is 16.5. The summed E-state index contributed by atoms with van der Waals surface area (Å²) in [5, 5.41) is 10.4. The van der Waals surface area contributed by atoms with Gasteiger partial charge in [-0.25, -0.2) is 4.68 Å². The minimum Gasteiger partial charge on any atom is -0.382 e. The van der Waals surface area contributed by atoms with Gasteiger partial charge in [0.25, 0.3) is 5.91 Å². The first kappa shape index (κ1) is 25.5. The van der Waals surface area contributed by atoms with Crippen LogP contribution in [0.25, 0.3) is 23.0 Å². The fraction of sp³-hybridized carbons (Fsp3) is 0.172. The number of hydrogen-bond donors (Lipinski definition) is 2. The Labute approximate surface area is 216 Å². The normalized spacial score (nSPS) is 10.9. The van der Waals surface area contributed by atoms with E-state index in [4.69, 9.17) is 9.84 Å². The number of rotatable bonds is 11. The first-order valence-corrected chi connectivity index (χ1v) is 12.1. The molecule has 0 aliphatic carbocycles. The number of carbonyl (C=O) groups is 2. The predicted molar refractivity (Wildman–Crippen MR) is 144 cm³/mol. The summed E-state index contributed by atoms with van der Waals surface area (Å²) in [5.41, 5.74) is 4.24. The molecule has 0 aliphatic heterocycles. The van der Waals surface area contributed by atoms with Crippen LogP contribution in [0.2, 0.25) is 0 Å². The van der Waals surface area contributed by atoms with Crippen LogP contribution in [-0.2, 0) is 9.53 Å². The van der Waals surface area contributed by atoms with Gasteiger partial charge in [0.2, 0.25) is 5.91 Å². The van der Waals surface area contributed by atoms with Gasteiger partial charge in [-0.15, -0.1) is 0 Å². The number of para-hydroxylation sites is 1. The fourth-order valence-electron chi connectivity index (χ4n) is 3.66. The average Bonchev–Trinajstić information content (AvgIpc) is 3.37. The molecule has 2 N–H and O–H groups in total. The van der Waals surface area contributed by atoms with Crippen molar-refractivity contribution in [3.8, 4) is 16.9 Å². The molecule has 0 radical (unpaired) electrons. The molecule has 4 aromatic rings. The van der Waals surface area contributed by atoms with E-state index in [9.17, 15) is 9.59 Å². The van der Waals surface area contributed by atoms with Crippen molar-refractivity contribution in [3.63, 3.8) is 0 Å². The Hall–Kier alpha value is -4.56. The molecular weight excluding hydrogens is 466 g/mol. The van der Waals surface area contributed by atoms with E-state index >= 15 is 0 Å². The lowest BCUT2D eigenvalue weighted by Gasteiger charge is -2.07. The second kappa shape index (κ2) is 12.9. The summed E-state index contributed by atoms with van der Waals surface area (Å²) < 4.78 is 7.06. The third-order valence-corrected chi connectivity index (χ3v) is 5.46. The zero-order valence-electron chi connectivity index (χ0n) is 20.6. The number of nitrogens with one attached hydrogen (secondary N) is 2. The van der Waals surface area contributed by atoms with Crippen molar-refractivity contribution in [1.82, 2.24) is 20.1 Å². The summed E-state index contributed by atoms with van der Waals surface area (Å²) in [7, 11) is 0. The number of ether oxygens (including phenoxy) is 1. The average molecular weight is 496 g/mol. The number of benzene rings is 2. The summed E-state index contributed by atoms with van der Waals surface area (Å²) in [4.78, 5) is 29.3. The summed E-state index contributed by atoms with van der Waals surface area (Å²) in [5.74, 6) is -0.517. The van der Waals surface area contributed by atoms with E-state index < -0.39 is 0 Å². The van der Waals surface area contributed by atoms with E-state index in [0.717, 1.165) is 23.2 Å². The number of pyridine rings is 1. The molecule has 0 bridgehead atoms. The van der Waals surface area contributed by atoms with Crippen molar-refractivity contribution in [2.75, 3.05) is 25.1 Å². The first-order valence-electron chi connectivity index (χ1n) is 12.1.